The van der Waals surface area contributed by atoms with Crippen LogP contribution in [-0.4, -0.2) is 45.9 Å². The van der Waals surface area contributed by atoms with E-state index in [9.17, 15) is 9.59 Å². The number of nitrogens with one attached hydrogen (secondary N) is 2. The number of fused-ring (bicyclic) bond motifs is 2. The van der Waals surface area contributed by atoms with Crippen molar-refractivity contribution in [2.24, 2.45) is 0 Å². The number of amides is 2. The molecule has 174 valence electrons. The van der Waals surface area contributed by atoms with Gasteiger partial charge in [-0.1, -0.05) is 54.9 Å². The predicted molar refractivity (Wildman–Crippen MR) is 137 cm³/mol. The van der Waals surface area contributed by atoms with Crippen LogP contribution in [0.15, 0.2) is 54.6 Å². The zero-order valence-corrected chi connectivity index (χ0v) is 19.9. The van der Waals surface area contributed by atoms with Crippen molar-refractivity contribution in [3.63, 3.8) is 0 Å². The number of hydrogen-bond acceptors (Lipinski definition) is 4. The maximum Gasteiger partial charge on any atom is 0.249 e. The number of likely N-dealkylation sites (N-methyl/N-ethyl adjacent to an activating group) is 1. The Hall–Kier alpha value is -3.32. The first-order valence-corrected chi connectivity index (χ1v) is 11.7. The molecule has 0 aliphatic carbocycles. The third-order valence-corrected chi connectivity index (χ3v) is 6.59. The number of methoxy groups -OCH3 is 1. The van der Waals surface area contributed by atoms with Gasteiger partial charge in [-0.2, -0.15) is 0 Å². The van der Waals surface area contributed by atoms with Crippen LogP contribution in [0.1, 0.15) is 30.9 Å². The normalized spacial score (nSPS) is 16.6. The Morgan fingerprint density at radius 3 is 2.74 bits per heavy atom. The zero-order valence-electron chi connectivity index (χ0n) is 19.9. The number of para-hydroxylation sites is 1. The molecule has 3 aromatic rings. The van der Waals surface area contributed by atoms with Crippen LogP contribution >= 0.6 is 0 Å². The van der Waals surface area contributed by atoms with Gasteiger partial charge in [0.05, 0.1) is 19.7 Å². The highest BCUT2D eigenvalue weighted by molar-refractivity contribution is 6.33. The highest BCUT2D eigenvalue weighted by atomic mass is 16.5. The monoisotopic (exact) mass is 455 g/mol. The maximum absolute atomic E-state index is 13.9. The summed E-state index contributed by atoms with van der Waals surface area (Å²) in [5.74, 6) is 0.417. The van der Waals surface area contributed by atoms with Crippen LogP contribution in [0.4, 0.5) is 5.69 Å². The second kappa shape index (κ2) is 10.3. The van der Waals surface area contributed by atoms with Crippen LogP contribution < -0.4 is 25.7 Å². The molecule has 4 rings (SSSR count). The van der Waals surface area contributed by atoms with E-state index in [-0.39, 0.29) is 17.9 Å². The lowest BCUT2D eigenvalue weighted by molar-refractivity contribution is -0.128. The average Bonchev–Trinajstić information content (AvgIpc) is 2.97. The molecule has 7 heteroatoms. The van der Waals surface area contributed by atoms with Gasteiger partial charge in [0.15, 0.2) is 0 Å². The Labute approximate surface area is 202 Å². The van der Waals surface area contributed by atoms with Crippen LogP contribution in [0.25, 0.3) is 10.8 Å². The number of anilines is 1. The molecular weight excluding hydrogens is 425 g/mol. The van der Waals surface area contributed by atoms with E-state index in [4.69, 9.17) is 12.6 Å². The van der Waals surface area contributed by atoms with E-state index in [0.717, 1.165) is 27.6 Å². The summed E-state index contributed by atoms with van der Waals surface area (Å²) in [4.78, 5) is 28.4. The second-order valence-electron chi connectivity index (χ2n) is 8.63. The molecule has 0 saturated heterocycles. The number of ether oxygens (including phenoxy) is 1. The van der Waals surface area contributed by atoms with Crippen molar-refractivity contribution in [3.8, 4) is 5.75 Å². The summed E-state index contributed by atoms with van der Waals surface area (Å²) in [6.07, 6.45) is 1.88. The lowest BCUT2D eigenvalue weighted by Gasteiger charge is -2.28. The van der Waals surface area contributed by atoms with Crippen LogP contribution in [0, 0.1) is 0 Å². The first kappa shape index (κ1) is 23.8. The highest BCUT2D eigenvalue weighted by Gasteiger charge is 2.33. The van der Waals surface area contributed by atoms with Gasteiger partial charge < -0.3 is 20.3 Å². The van der Waals surface area contributed by atoms with E-state index in [1.807, 2.05) is 61.5 Å². The number of carbonyl (C=O) groups excluding carboxylic acids is 2. The molecule has 1 aliphatic rings. The van der Waals surface area contributed by atoms with Crippen molar-refractivity contribution < 1.29 is 14.3 Å². The molecule has 1 aliphatic heterocycles. The highest BCUT2D eigenvalue weighted by Crippen LogP contribution is 2.33. The zero-order chi connectivity index (χ0) is 24.2. The van der Waals surface area contributed by atoms with Crippen molar-refractivity contribution in [2.45, 2.75) is 44.8 Å². The first-order chi connectivity index (χ1) is 16.5. The van der Waals surface area contributed by atoms with Gasteiger partial charge in [0.1, 0.15) is 19.6 Å². The summed E-state index contributed by atoms with van der Waals surface area (Å²) in [7, 11) is 9.39. The molecule has 2 atom stereocenters. The Bertz CT molecular complexity index is 1210. The first-order valence-electron chi connectivity index (χ1n) is 11.7. The molecule has 2 radical (unpaired) electrons. The fourth-order valence-electron chi connectivity index (χ4n) is 4.71. The van der Waals surface area contributed by atoms with Crippen molar-refractivity contribution in [2.75, 3.05) is 19.1 Å². The number of hydrogen-bond donors (Lipinski definition) is 2. The summed E-state index contributed by atoms with van der Waals surface area (Å²) in [6, 6.07) is 16.6. The van der Waals surface area contributed by atoms with E-state index in [1.165, 1.54) is 0 Å². The molecule has 2 N–H and O–H groups in total. The molecule has 34 heavy (non-hydrogen) atoms. The quantitative estimate of drug-likeness (QED) is 0.538. The van der Waals surface area contributed by atoms with E-state index < -0.39 is 6.04 Å². The molecule has 0 bridgehead atoms. The summed E-state index contributed by atoms with van der Waals surface area (Å²) in [6.45, 7) is 2.26. The molecule has 0 spiro atoms. The van der Waals surface area contributed by atoms with Gasteiger partial charge in [-0.15, -0.1) is 0 Å². The van der Waals surface area contributed by atoms with E-state index >= 15 is 0 Å². The minimum absolute atomic E-state index is 0.126. The molecular formula is C27H30BN3O3. The van der Waals surface area contributed by atoms with Crippen LogP contribution in [0.2, 0.25) is 0 Å². The summed E-state index contributed by atoms with van der Waals surface area (Å²) in [5, 5.41) is 7.97. The average molecular weight is 455 g/mol. The van der Waals surface area contributed by atoms with Gasteiger partial charge in [-0.25, -0.2) is 0 Å². The van der Waals surface area contributed by atoms with Gasteiger partial charge >= 0.3 is 0 Å². The SMILES string of the molecule is [B]c1ccc2c(CN3C(=O)C(NC(=O)[C@H](CC)NC)CCc4ccccc43)c(OC)ccc2c1. The molecule has 0 saturated carbocycles. The van der Waals surface area contributed by atoms with Crippen molar-refractivity contribution in [1.29, 1.82) is 0 Å². The van der Waals surface area contributed by atoms with E-state index in [2.05, 4.69) is 10.6 Å². The lowest BCUT2D eigenvalue weighted by Crippen LogP contribution is -2.52. The molecule has 0 fully saturated rings. The van der Waals surface area contributed by atoms with Crippen molar-refractivity contribution >= 4 is 41.6 Å². The molecule has 3 aromatic carbocycles. The van der Waals surface area contributed by atoms with Gasteiger partial charge in [0.2, 0.25) is 11.8 Å². The Morgan fingerprint density at radius 1 is 1.21 bits per heavy atom. The van der Waals surface area contributed by atoms with Crippen molar-refractivity contribution in [3.05, 3.63) is 65.7 Å². The molecule has 2 amide bonds. The summed E-state index contributed by atoms with van der Waals surface area (Å²) in [5.41, 5.74) is 3.52. The molecule has 6 nitrogen and oxygen atoms in total. The van der Waals surface area contributed by atoms with Gasteiger partial charge in [0, 0.05) is 11.3 Å². The molecule has 0 aromatic heterocycles. The van der Waals surface area contributed by atoms with Crippen molar-refractivity contribution in [1.82, 2.24) is 10.6 Å². The van der Waals surface area contributed by atoms with Crippen LogP contribution in [0.3, 0.4) is 0 Å². The number of carbonyl (C=O) groups is 2. The Balaban J connectivity index is 1.76. The third kappa shape index (κ3) is 4.66. The largest absolute Gasteiger partial charge is 0.496 e. The minimum atomic E-state index is -0.612. The Morgan fingerprint density at radius 2 is 2.00 bits per heavy atom. The predicted octanol–water partition coefficient (Wildman–Crippen LogP) is 2.60. The van der Waals surface area contributed by atoms with Gasteiger partial charge in [-0.3, -0.25) is 9.59 Å². The number of benzene rings is 3. The number of aryl methyl sites for hydroxylation is 1. The number of rotatable bonds is 7. The lowest BCUT2D eigenvalue weighted by atomic mass is 9.92. The fraction of sp³-hybridized carbons (Fsp3) is 0.333. The van der Waals surface area contributed by atoms with Crippen LogP contribution in [-0.2, 0) is 22.6 Å². The van der Waals surface area contributed by atoms with Gasteiger partial charge in [0.25, 0.3) is 0 Å². The summed E-state index contributed by atoms with van der Waals surface area (Å²) >= 11 is 0. The molecule has 1 unspecified atom stereocenters. The van der Waals surface area contributed by atoms with E-state index in [0.29, 0.717) is 37.0 Å². The maximum atomic E-state index is 13.9. The molecule has 1 heterocycles. The van der Waals surface area contributed by atoms with Crippen LogP contribution in [0.5, 0.6) is 5.75 Å². The van der Waals surface area contributed by atoms with E-state index in [1.54, 1.807) is 19.1 Å². The van der Waals surface area contributed by atoms with Gasteiger partial charge in [-0.05, 0) is 54.8 Å². The standard InChI is InChI=1S/C27H30BN3O3/c1-4-22(29-2)26(32)30-23-13-9-17-7-5-6-8-24(17)31(27(23)33)16-21-20-12-11-19(28)15-18(20)10-14-25(21)34-3/h5-8,10-12,14-15,22-23,29H,4,9,13,16H2,1-3H3,(H,30,32)/t22-,23?/m0/s1. The minimum Gasteiger partial charge on any atom is -0.496 e. The second-order valence-corrected chi connectivity index (χ2v) is 8.63. The fourth-order valence-corrected chi connectivity index (χ4v) is 4.71. The topological polar surface area (TPSA) is 70.7 Å². The smallest absolute Gasteiger partial charge is 0.249 e. The Kier molecular flexibility index (Phi) is 7.22. The number of nitrogens with zero attached hydrogens (tertiary/aromatic N) is 1. The summed E-state index contributed by atoms with van der Waals surface area (Å²) < 4.78 is 5.68. The third-order valence-electron chi connectivity index (χ3n) is 6.59.